The summed E-state index contributed by atoms with van der Waals surface area (Å²) in [5.74, 6) is -0.346. The highest BCUT2D eigenvalue weighted by Crippen LogP contribution is 2.32. The molecule has 39 heavy (non-hydrogen) atoms. The highest BCUT2D eigenvalue weighted by atomic mass is 32.2. The number of aryl methyl sites for hydroxylation is 2. The Kier molecular flexibility index (Phi) is 6.51. The molecule has 0 spiro atoms. The zero-order valence-corrected chi connectivity index (χ0v) is 21.8. The van der Waals surface area contributed by atoms with Crippen LogP contribution in [0, 0.1) is 13.8 Å². The molecule has 0 bridgehead atoms. The van der Waals surface area contributed by atoms with Crippen molar-refractivity contribution in [2.24, 2.45) is 0 Å². The lowest BCUT2D eigenvalue weighted by atomic mass is 10.0. The monoisotopic (exact) mass is 553 g/mol. The molecule has 0 saturated heterocycles. The van der Waals surface area contributed by atoms with E-state index >= 15 is 0 Å². The minimum Gasteiger partial charge on any atom is -0.406 e. The Balaban J connectivity index is 1.66. The predicted molar refractivity (Wildman–Crippen MR) is 139 cm³/mol. The van der Waals surface area contributed by atoms with Crippen LogP contribution in [0.5, 0.6) is 5.75 Å². The van der Waals surface area contributed by atoms with Crippen molar-refractivity contribution < 1.29 is 26.3 Å². The van der Waals surface area contributed by atoms with Crippen LogP contribution in [0.1, 0.15) is 11.4 Å². The average molecular weight is 554 g/mol. The van der Waals surface area contributed by atoms with Crippen LogP contribution < -0.4 is 4.74 Å². The molecule has 2 aromatic heterocycles. The number of benzene rings is 3. The SMILES string of the molecule is Cc1cc(C)n(-c2ccc(-c3cccc(S(C)(=O)=O)c3)cc2-n2nncc2-c2ccc(OC(F)(F)F)cc2)n1. The maximum absolute atomic E-state index is 12.6. The first-order valence-electron chi connectivity index (χ1n) is 11.6. The lowest BCUT2D eigenvalue weighted by Gasteiger charge is -2.16. The van der Waals surface area contributed by atoms with Gasteiger partial charge in [0.2, 0.25) is 0 Å². The van der Waals surface area contributed by atoms with Crippen molar-refractivity contribution in [1.29, 1.82) is 0 Å². The smallest absolute Gasteiger partial charge is 0.406 e. The molecule has 2 heterocycles. The van der Waals surface area contributed by atoms with Gasteiger partial charge in [-0.05, 0) is 79.6 Å². The number of hydrogen-bond acceptors (Lipinski definition) is 6. The number of sulfone groups is 1. The van der Waals surface area contributed by atoms with Gasteiger partial charge in [0.25, 0.3) is 0 Å². The topological polar surface area (TPSA) is 91.9 Å². The maximum Gasteiger partial charge on any atom is 0.573 e. The Hall–Kier alpha value is -4.45. The van der Waals surface area contributed by atoms with Gasteiger partial charge in [-0.2, -0.15) is 5.10 Å². The zero-order valence-electron chi connectivity index (χ0n) is 21.0. The van der Waals surface area contributed by atoms with E-state index in [1.165, 1.54) is 36.5 Å². The maximum atomic E-state index is 12.6. The van der Waals surface area contributed by atoms with Gasteiger partial charge in [0.05, 0.1) is 33.9 Å². The molecule has 0 radical (unpaired) electrons. The van der Waals surface area contributed by atoms with Crippen LogP contribution in [-0.4, -0.2) is 45.8 Å². The summed E-state index contributed by atoms with van der Waals surface area (Å²) < 4.78 is 69.5. The molecule has 0 saturated carbocycles. The molecule has 0 atom stereocenters. The minimum atomic E-state index is -4.80. The molecule has 5 aromatic rings. The summed E-state index contributed by atoms with van der Waals surface area (Å²) in [6.45, 7) is 3.79. The predicted octanol–water partition coefficient (Wildman–Crippen LogP) is 5.71. The third-order valence-electron chi connectivity index (χ3n) is 5.97. The summed E-state index contributed by atoms with van der Waals surface area (Å²) in [5.41, 5.74) is 5.39. The Bertz CT molecular complexity index is 1780. The molecule has 0 N–H and O–H groups in total. The third-order valence-corrected chi connectivity index (χ3v) is 7.08. The van der Waals surface area contributed by atoms with E-state index in [0.29, 0.717) is 28.2 Å². The molecular weight excluding hydrogens is 531 g/mol. The minimum absolute atomic E-state index is 0.187. The van der Waals surface area contributed by atoms with Crippen LogP contribution in [0.3, 0.4) is 0 Å². The Morgan fingerprint density at radius 3 is 2.15 bits per heavy atom. The largest absolute Gasteiger partial charge is 0.573 e. The van der Waals surface area contributed by atoms with E-state index in [0.717, 1.165) is 23.2 Å². The van der Waals surface area contributed by atoms with Crippen molar-refractivity contribution in [2.45, 2.75) is 25.1 Å². The second-order valence-corrected chi connectivity index (χ2v) is 11.0. The first-order chi connectivity index (χ1) is 18.4. The van der Waals surface area contributed by atoms with Gasteiger partial charge in [-0.3, -0.25) is 0 Å². The summed E-state index contributed by atoms with van der Waals surface area (Å²) in [5, 5.41) is 12.9. The van der Waals surface area contributed by atoms with Gasteiger partial charge < -0.3 is 4.74 Å². The molecule has 8 nitrogen and oxygen atoms in total. The van der Waals surface area contributed by atoms with Crippen molar-refractivity contribution in [3.05, 3.63) is 90.4 Å². The Morgan fingerprint density at radius 2 is 1.51 bits per heavy atom. The quantitative estimate of drug-likeness (QED) is 0.268. The van der Waals surface area contributed by atoms with Gasteiger partial charge in [-0.15, -0.1) is 18.3 Å². The van der Waals surface area contributed by atoms with Crippen molar-refractivity contribution >= 4 is 9.84 Å². The number of alkyl halides is 3. The molecule has 0 unspecified atom stereocenters. The van der Waals surface area contributed by atoms with Gasteiger partial charge >= 0.3 is 6.36 Å². The molecule has 0 aliphatic heterocycles. The van der Waals surface area contributed by atoms with E-state index in [1.54, 1.807) is 27.6 Å². The fourth-order valence-electron chi connectivity index (χ4n) is 4.27. The van der Waals surface area contributed by atoms with E-state index in [1.807, 2.05) is 38.1 Å². The van der Waals surface area contributed by atoms with Crippen LogP contribution in [-0.2, 0) is 9.84 Å². The van der Waals surface area contributed by atoms with Crippen LogP contribution in [0.2, 0.25) is 0 Å². The third kappa shape index (κ3) is 5.55. The fraction of sp³-hybridized carbons (Fsp3) is 0.148. The van der Waals surface area contributed by atoms with E-state index in [2.05, 4.69) is 20.1 Å². The molecule has 0 aliphatic rings. The van der Waals surface area contributed by atoms with Gasteiger partial charge in [0.15, 0.2) is 9.84 Å². The second kappa shape index (κ2) is 9.70. The number of hydrogen-bond donors (Lipinski definition) is 0. The zero-order chi connectivity index (χ0) is 27.9. The van der Waals surface area contributed by atoms with Gasteiger partial charge in [0.1, 0.15) is 5.75 Å². The second-order valence-electron chi connectivity index (χ2n) is 8.95. The van der Waals surface area contributed by atoms with Gasteiger partial charge in [-0.1, -0.05) is 23.4 Å². The lowest BCUT2D eigenvalue weighted by Crippen LogP contribution is -2.16. The van der Waals surface area contributed by atoms with Crippen LogP contribution >= 0.6 is 0 Å². The average Bonchev–Trinajstić information content (AvgIpc) is 3.49. The van der Waals surface area contributed by atoms with E-state index < -0.39 is 16.2 Å². The van der Waals surface area contributed by atoms with Gasteiger partial charge in [-0.25, -0.2) is 17.8 Å². The van der Waals surface area contributed by atoms with Crippen LogP contribution in [0.15, 0.2) is 83.9 Å². The number of nitrogens with zero attached hydrogens (tertiary/aromatic N) is 5. The Morgan fingerprint density at radius 1 is 0.821 bits per heavy atom. The summed E-state index contributed by atoms with van der Waals surface area (Å²) in [7, 11) is -3.42. The van der Waals surface area contributed by atoms with Crippen molar-refractivity contribution in [1.82, 2.24) is 24.8 Å². The summed E-state index contributed by atoms with van der Waals surface area (Å²) >= 11 is 0. The molecule has 200 valence electrons. The van der Waals surface area contributed by atoms with Crippen molar-refractivity contribution in [3.63, 3.8) is 0 Å². The first-order valence-corrected chi connectivity index (χ1v) is 13.5. The Labute approximate surface area is 222 Å². The van der Waals surface area contributed by atoms with Gasteiger partial charge in [0, 0.05) is 17.5 Å². The fourth-order valence-corrected chi connectivity index (χ4v) is 4.93. The first kappa shape index (κ1) is 26.2. The summed E-state index contributed by atoms with van der Waals surface area (Å²) in [4.78, 5) is 0.187. The summed E-state index contributed by atoms with van der Waals surface area (Å²) in [6, 6.07) is 19.5. The van der Waals surface area contributed by atoms with Crippen molar-refractivity contribution in [2.75, 3.05) is 6.26 Å². The van der Waals surface area contributed by atoms with E-state index in [9.17, 15) is 21.6 Å². The molecular formula is C27H22F3N5O3S. The number of ether oxygens (including phenoxy) is 1. The van der Waals surface area contributed by atoms with Crippen molar-refractivity contribution in [3.8, 4) is 39.5 Å². The van der Waals surface area contributed by atoms with Crippen LogP contribution in [0.25, 0.3) is 33.8 Å². The van der Waals surface area contributed by atoms with E-state index in [-0.39, 0.29) is 10.6 Å². The summed E-state index contributed by atoms with van der Waals surface area (Å²) in [6.07, 6.45) is -2.15. The highest BCUT2D eigenvalue weighted by molar-refractivity contribution is 7.90. The number of halogens is 3. The molecule has 12 heteroatoms. The molecule has 0 fully saturated rings. The molecule has 0 amide bonds. The standard InChI is InChI=1S/C27H22F3N5O3S/c1-17-13-18(2)34(32-17)24-12-9-21(20-5-4-6-23(14-20)39(3,36)37)15-25(24)35-26(16-31-33-35)19-7-10-22(11-8-19)38-27(28,29)30/h4-16H,1-3H3. The lowest BCUT2D eigenvalue weighted by molar-refractivity contribution is -0.274. The number of rotatable bonds is 6. The normalized spacial score (nSPS) is 12.1. The number of aromatic nitrogens is 5. The highest BCUT2D eigenvalue weighted by Gasteiger charge is 2.31. The molecule has 0 aliphatic carbocycles. The molecule has 3 aromatic carbocycles. The van der Waals surface area contributed by atoms with Crippen LogP contribution in [0.4, 0.5) is 13.2 Å². The van der Waals surface area contributed by atoms with E-state index in [4.69, 9.17) is 0 Å². The molecule has 5 rings (SSSR count).